The topological polar surface area (TPSA) is 42.0 Å². The van der Waals surface area contributed by atoms with Crippen molar-refractivity contribution in [3.05, 3.63) is 50.9 Å². The number of nitrogens with one attached hydrogen (secondary N) is 1. The van der Waals surface area contributed by atoms with E-state index < -0.39 is 0 Å². The summed E-state index contributed by atoms with van der Waals surface area (Å²) in [5, 5.41) is 6.94. The summed E-state index contributed by atoms with van der Waals surface area (Å²) in [7, 11) is 0. The molecular weight excluding hydrogens is 300 g/mol. The third-order valence-electron chi connectivity index (χ3n) is 2.36. The highest BCUT2D eigenvalue weighted by Crippen LogP contribution is 2.18. The Labute approximate surface area is 112 Å². The van der Waals surface area contributed by atoms with Crippen LogP contribution in [0.3, 0.4) is 0 Å². The van der Waals surface area contributed by atoms with Gasteiger partial charge in [0.15, 0.2) is 0 Å². The lowest BCUT2D eigenvalue weighted by Crippen LogP contribution is -2.27. The standard InChI is InChI=1S/C12H11BrN2OS/c1-8(9-4-6-17-7-9)15-12(16)11-10(13)3-2-5-14-11/h2-8H,1H3,(H,15,16). The van der Waals surface area contributed by atoms with E-state index in [0.717, 1.165) is 5.56 Å². The van der Waals surface area contributed by atoms with Crippen molar-refractivity contribution in [3.63, 3.8) is 0 Å². The Balaban J connectivity index is 2.10. The van der Waals surface area contributed by atoms with E-state index in [-0.39, 0.29) is 11.9 Å². The summed E-state index contributed by atoms with van der Waals surface area (Å²) in [6.45, 7) is 1.96. The molecule has 0 fully saturated rings. The molecule has 17 heavy (non-hydrogen) atoms. The number of nitrogens with zero attached hydrogens (tertiary/aromatic N) is 1. The van der Waals surface area contributed by atoms with Crippen LogP contribution in [0.5, 0.6) is 0 Å². The number of pyridine rings is 1. The second kappa shape index (κ2) is 5.42. The summed E-state index contributed by atoms with van der Waals surface area (Å²) >= 11 is 4.93. The lowest BCUT2D eigenvalue weighted by atomic mass is 10.2. The molecule has 1 N–H and O–H groups in total. The second-order valence-electron chi connectivity index (χ2n) is 3.59. The quantitative estimate of drug-likeness (QED) is 0.944. The molecule has 1 amide bonds. The number of halogens is 1. The molecule has 2 rings (SSSR count). The lowest BCUT2D eigenvalue weighted by Gasteiger charge is -2.12. The largest absolute Gasteiger partial charge is 0.344 e. The minimum Gasteiger partial charge on any atom is -0.344 e. The molecule has 0 bridgehead atoms. The number of carbonyl (C=O) groups is 1. The summed E-state index contributed by atoms with van der Waals surface area (Å²) in [4.78, 5) is 16.0. The maximum absolute atomic E-state index is 12.0. The monoisotopic (exact) mass is 310 g/mol. The van der Waals surface area contributed by atoms with Gasteiger partial charge in [-0.1, -0.05) is 0 Å². The Morgan fingerprint density at radius 3 is 3.00 bits per heavy atom. The molecular formula is C12H11BrN2OS. The Morgan fingerprint density at radius 2 is 2.35 bits per heavy atom. The van der Waals surface area contributed by atoms with Crippen LogP contribution in [-0.4, -0.2) is 10.9 Å². The van der Waals surface area contributed by atoms with E-state index in [1.165, 1.54) is 0 Å². The van der Waals surface area contributed by atoms with Crippen molar-refractivity contribution in [3.8, 4) is 0 Å². The van der Waals surface area contributed by atoms with E-state index in [9.17, 15) is 4.79 Å². The van der Waals surface area contributed by atoms with Gasteiger partial charge < -0.3 is 5.32 Å². The predicted octanol–water partition coefficient (Wildman–Crippen LogP) is 3.40. The van der Waals surface area contributed by atoms with Gasteiger partial charge in [0, 0.05) is 10.7 Å². The van der Waals surface area contributed by atoms with Crippen LogP contribution in [-0.2, 0) is 0 Å². The average molecular weight is 311 g/mol. The van der Waals surface area contributed by atoms with Crippen LogP contribution in [0.1, 0.15) is 29.0 Å². The number of hydrogen-bond acceptors (Lipinski definition) is 3. The predicted molar refractivity (Wildman–Crippen MR) is 72.1 cm³/mol. The number of carbonyl (C=O) groups excluding carboxylic acids is 1. The van der Waals surface area contributed by atoms with Crippen molar-refractivity contribution in [2.45, 2.75) is 13.0 Å². The highest BCUT2D eigenvalue weighted by Gasteiger charge is 2.14. The smallest absolute Gasteiger partial charge is 0.271 e. The molecule has 1 atom stereocenters. The number of aromatic nitrogens is 1. The molecule has 2 heterocycles. The second-order valence-corrected chi connectivity index (χ2v) is 5.22. The van der Waals surface area contributed by atoms with E-state index >= 15 is 0 Å². The first-order valence-corrected chi connectivity index (χ1v) is 6.85. The van der Waals surface area contributed by atoms with Gasteiger partial charge in [0.1, 0.15) is 5.69 Å². The van der Waals surface area contributed by atoms with Gasteiger partial charge in [-0.25, -0.2) is 4.98 Å². The summed E-state index contributed by atoms with van der Waals surface area (Å²) in [5.74, 6) is -0.170. The Hall–Kier alpha value is -1.20. The summed E-state index contributed by atoms with van der Waals surface area (Å²) in [5.41, 5.74) is 1.52. The van der Waals surface area contributed by atoms with Crippen LogP contribution in [0.25, 0.3) is 0 Å². The van der Waals surface area contributed by atoms with Crippen LogP contribution in [0.2, 0.25) is 0 Å². The molecule has 0 aliphatic heterocycles. The van der Waals surface area contributed by atoms with E-state index in [1.54, 1.807) is 29.7 Å². The fourth-order valence-corrected chi connectivity index (χ4v) is 2.61. The zero-order valence-electron chi connectivity index (χ0n) is 9.18. The molecule has 0 radical (unpaired) electrons. The number of amides is 1. The molecule has 0 aliphatic carbocycles. The normalized spacial score (nSPS) is 12.1. The van der Waals surface area contributed by atoms with E-state index in [1.807, 2.05) is 23.8 Å². The SMILES string of the molecule is CC(NC(=O)c1ncccc1Br)c1ccsc1. The molecule has 2 aromatic rings. The molecule has 0 aromatic carbocycles. The van der Waals surface area contributed by atoms with Crippen LogP contribution < -0.4 is 5.32 Å². The van der Waals surface area contributed by atoms with Gasteiger partial charge in [0.2, 0.25) is 0 Å². The molecule has 2 aromatic heterocycles. The van der Waals surface area contributed by atoms with E-state index in [0.29, 0.717) is 10.2 Å². The van der Waals surface area contributed by atoms with Crippen molar-refractivity contribution in [2.75, 3.05) is 0 Å². The van der Waals surface area contributed by atoms with Crippen molar-refractivity contribution in [2.24, 2.45) is 0 Å². The maximum atomic E-state index is 12.0. The van der Waals surface area contributed by atoms with Gasteiger partial charge >= 0.3 is 0 Å². The first kappa shape index (κ1) is 12.3. The van der Waals surface area contributed by atoms with E-state index in [4.69, 9.17) is 0 Å². The first-order valence-electron chi connectivity index (χ1n) is 5.12. The van der Waals surface area contributed by atoms with Gasteiger partial charge in [-0.2, -0.15) is 11.3 Å². The lowest BCUT2D eigenvalue weighted by molar-refractivity contribution is 0.0934. The van der Waals surface area contributed by atoms with Crippen LogP contribution >= 0.6 is 27.3 Å². The third-order valence-corrected chi connectivity index (χ3v) is 3.71. The van der Waals surface area contributed by atoms with Crippen molar-refractivity contribution in [1.82, 2.24) is 10.3 Å². The molecule has 0 saturated heterocycles. The Bertz CT molecular complexity index is 513. The maximum Gasteiger partial charge on any atom is 0.271 e. The Kier molecular flexibility index (Phi) is 3.91. The van der Waals surface area contributed by atoms with Gasteiger partial charge in [0.25, 0.3) is 5.91 Å². The molecule has 5 heteroatoms. The average Bonchev–Trinajstić information content (AvgIpc) is 2.82. The van der Waals surface area contributed by atoms with Gasteiger partial charge in [-0.15, -0.1) is 0 Å². The molecule has 0 spiro atoms. The van der Waals surface area contributed by atoms with Gasteiger partial charge in [0.05, 0.1) is 6.04 Å². The fourth-order valence-electron chi connectivity index (χ4n) is 1.42. The Morgan fingerprint density at radius 1 is 1.53 bits per heavy atom. The number of thiophene rings is 1. The minimum absolute atomic E-state index is 0.0114. The third kappa shape index (κ3) is 2.92. The summed E-state index contributed by atoms with van der Waals surface area (Å²) in [6, 6.07) is 5.58. The highest BCUT2D eigenvalue weighted by atomic mass is 79.9. The molecule has 0 saturated carbocycles. The van der Waals surface area contributed by atoms with Crippen LogP contribution in [0, 0.1) is 0 Å². The molecule has 3 nitrogen and oxygen atoms in total. The van der Waals surface area contributed by atoms with Gasteiger partial charge in [-0.3, -0.25) is 4.79 Å². The summed E-state index contributed by atoms with van der Waals surface area (Å²) in [6.07, 6.45) is 1.61. The van der Waals surface area contributed by atoms with Gasteiger partial charge in [-0.05, 0) is 57.4 Å². The van der Waals surface area contributed by atoms with Crippen molar-refractivity contribution < 1.29 is 4.79 Å². The first-order chi connectivity index (χ1) is 8.18. The van der Waals surface area contributed by atoms with Crippen molar-refractivity contribution >= 4 is 33.2 Å². The molecule has 0 aliphatic rings. The zero-order chi connectivity index (χ0) is 12.3. The zero-order valence-corrected chi connectivity index (χ0v) is 11.6. The van der Waals surface area contributed by atoms with E-state index in [2.05, 4.69) is 26.2 Å². The van der Waals surface area contributed by atoms with Crippen LogP contribution in [0.15, 0.2) is 39.6 Å². The molecule has 88 valence electrons. The number of rotatable bonds is 3. The van der Waals surface area contributed by atoms with Crippen molar-refractivity contribution in [1.29, 1.82) is 0 Å². The summed E-state index contributed by atoms with van der Waals surface area (Å²) < 4.78 is 0.704. The molecule has 1 unspecified atom stereocenters. The fraction of sp³-hybridized carbons (Fsp3) is 0.167. The van der Waals surface area contributed by atoms with Crippen LogP contribution in [0.4, 0.5) is 0 Å². The number of hydrogen-bond donors (Lipinski definition) is 1. The minimum atomic E-state index is -0.170. The highest BCUT2D eigenvalue weighted by molar-refractivity contribution is 9.10.